The molecule has 152 valence electrons. The summed E-state index contributed by atoms with van der Waals surface area (Å²) in [5.41, 5.74) is 0. The predicted octanol–water partition coefficient (Wildman–Crippen LogP) is 6.33. The maximum absolute atomic E-state index is 11.9. The monoisotopic (exact) mass is 384 g/mol. The first-order valence-corrected chi connectivity index (χ1v) is 11.8. The molecule has 0 radical (unpaired) electrons. The molecule has 0 spiro atoms. The van der Waals surface area contributed by atoms with Gasteiger partial charge in [-0.1, -0.05) is 55.6 Å². The van der Waals surface area contributed by atoms with Crippen molar-refractivity contribution in [2.24, 2.45) is 0 Å². The van der Waals surface area contributed by atoms with Crippen molar-refractivity contribution in [1.82, 2.24) is 0 Å². The van der Waals surface area contributed by atoms with Crippen molar-refractivity contribution in [2.75, 3.05) is 21.1 Å². The van der Waals surface area contributed by atoms with Crippen LogP contribution in [0.15, 0.2) is 24.3 Å². The molecule has 4 heteroatoms. The summed E-state index contributed by atoms with van der Waals surface area (Å²) in [6.07, 6.45) is 22.4. The number of unbranched alkanes of at least 4 members (excludes halogenated alkanes) is 7. The smallest absolute Gasteiger partial charge is 0.376 e. The first kappa shape index (κ1) is 25.5. The molecular formula is C22H43NO2P+. The van der Waals surface area contributed by atoms with Crippen LogP contribution in [-0.2, 0) is 4.57 Å². The molecule has 2 atom stereocenters. The minimum Gasteiger partial charge on any atom is -0.590 e. The molecule has 0 fully saturated rings. The van der Waals surface area contributed by atoms with Crippen LogP contribution in [0.4, 0.5) is 0 Å². The molecule has 3 nitrogen and oxygen atoms in total. The van der Waals surface area contributed by atoms with Crippen molar-refractivity contribution >= 4 is 8.03 Å². The fourth-order valence-corrected chi connectivity index (χ4v) is 4.53. The Morgan fingerprint density at radius 3 is 1.58 bits per heavy atom. The fourth-order valence-electron chi connectivity index (χ4n) is 3.44. The minimum atomic E-state index is -2.43. The van der Waals surface area contributed by atoms with Crippen molar-refractivity contribution in [2.45, 2.75) is 96.2 Å². The zero-order valence-corrected chi connectivity index (χ0v) is 18.9. The standard InChI is InChI=1S/C22H43NO2P/c1-6-8-9-10-11-12-13-14-15-16-17-18-19-20-21-22(7-2,26(24)25)23(3,4)5/h10-11,16-17H,6-9,12-15,18-21H2,1-5H3/q+1/b11-10-,17-16-. The highest BCUT2D eigenvalue weighted by atomic mass is 31.1. The van der Waals surface area contributed by atoms with E-state index in [1.54, 1.807) is 0 Å². The summed E-state index contributed by atoms with van der Waals surface area (Å²) in [4.78, 5) is 11.9. The second kappa shape index (κ2) is 14.5. The van der Waals surface area contributed by atoms with Gasteiger partial charge in [-0.3, -0.25) is 4.48 Å². The van der Waals surface area contributed by atoms with Crippen LogP contribution in [0, 0.1) is 0 Å². The summed E-state index contributed by atoms with van der Waals surface area (Å²) in [6.45, 7) is 4.23. The Kier molecular flexibility index (Phi) is 14.3. The van der Waals surface area contributed by atoms with E-state index < -0.39 is 13.3 Å². The molecule has 0 aromatic heterocycles. The molecule has 0 aromatic carbocycles. The minimum absolute atomic E-state index is 0.491. The van der Waals surface area contributed by atoms with Crippen LogP contribution in [0.3, 0.4) is 0 Å². The lowest BCUT2D eigenvalue weighted by Crippen LogP contribution is -2.55. The first-order valence-electron chi connectivity index (χ1n) is 10.6. The van der Waals surface area contributed by atoms with Crippen LogP contribution in [0.1, 0.15) is 90.9 Å². The van der Waals surface area contributed by atoms with E-state index in [2.05, 4.69) is 31.2 Å². The molecule has 0 saturated heterocycles. The Morgan fingerprint density at radius 1 is 0.808 bits per heavy atom. The summed E-state index contributed by atoms with van der Waals surface area (Å²) >= 11 is 0. The average Bonchev–Trinajstić information content (AvgIpc) is 2.57. The van der Waals surface area contributed by atoms with E-state index in [9.17, 15) is 9.46 Å². The fraction of sp³-hybridized carbons (Fsp3) is 0.818. The lowest BCUT2D eigenvalue weighted by atomic mass is 10.0. The summed E-state index contributed by atoms with van der Waals surface area (Å²) in [5, 5.41) is -0.621. The quantitative estimate of drug-likeness (QED) is 0.135. The summed E-state index contributed by atoms with van der Waals surface area (Å²) in [5.74, 6) is 0. The lowest BCUT2D eigenvalue weighted by molar-refractivity contribution is -0.910. The highest BCUT2D eigenvalue weighted by Crippen LogP contribution is 2.44. The Labute approximate surface area is 164 Å². The van der Waals surface area contributed by atoms with Gasteiger partial charge in [0.15, 0.2) is 0 Å². The van der Waals surface area contributed by atoms with Crippen LogP contribution >= 0.6 is 8.03 Å². The zero-order valence-electron chi connectivity index (χ0n) is 18.0. The summed E-state index contributed by atoms with van der Waals surface area (Å²) < 4.78 is 12.4. The van der Waals surface area contributed by atoms with Gasteiger partial charge in [0.2, 0.25) is 0 Å². The number of hydrogen-bond donors (Lipinski definition) is 0. The second-order valence-corrected chi connectivity index (χ2v) is 9.57. The molecule has 2 unspecified atom stereocenters. The van der Waals surface area contributed by atoms with Gasteiger partial charge >= 0.3 is 8.03 Å². The molecule has 0 bridgehead atoms. The van der Waals surface area contributed by atoms with Crippen molar-refractivity contribution < 1.29 is 13.9 Å². The SMILES string of the molecule is CCCC/C=C\CCCC/C=C\CCCCC(CC)([P+](=O)[O-])[N+](C)(C)C. The van der Waals surface area contributed by atoms with Crippen molar-refractivity contribution in [3.8, 4) is 0 Å². The highest BCUT2D eigenvalue weighted by molar-refractivity contribution is 7.38. The van der Waals surface area contributed by atoms with Gasteiger partial charge in [0.25, 0.3) is 5.28 Å². The molecular weight excluding hydrogens is 341 g/mol. The van der Waals surface area contributed by atoms with Gasteiger partial charge < -0.3 is 4.89 Å². The largest absolute Gasteiger partial charge is 0.590 e. The van der Waals surface area contributed by atoms with E-state index in [1.807, 2.05) is 28.1 Å². The van der Waals surface area contributed by atoms with E-state index in [0.29, 0.717) is 10.9 Å². The van der Waals surface area contributed by atoms with E-state index in [0.717, 1.165) is 32.1 Å². The molecule has 0 amide bonds. The van der Waals surface area contributed by atoms with E-state index in [4.69, 9.17) is 0 Å². The van der Waals surface area contributed by atoms with Gasteiger partial charge in [0.1, 0.15) is 0 Å². The van der Waals surface area contributed by atoms with Crippen LogP contribution in [0.5, 0.6) is 0 Å². The Bertz CT molecular complexity index is 426. The third kappa shape index (κ3) is 10.00. The van der Waals surface area contributed by atoms with Gasteiger partial charge in [-0.05, 0) is 51.4 Å². The highest BCUT2D eigenvalue weighted by Gasteiger charge is 2.52. The number of hydrogen-bond acceptors (Lipinski definition) is 2. The molecule has 0 saturated carbocycles. The van der Waals surface area contributed by atoms with Crippen LogP contribution < -0.4 is 4.89 Å². The van der Waals surface area contributed by atoms with Gasteiger partial charge in [-0.15, -0.1) is 0 Å². The molecule has 0 aliphatic rings. The van der Waals surface area contributed by atoms with Crippen LogP contribution in [0.2, 0.25) is 0 Å². The van der Waals surface area contributed by atoms with Crippen molar-refractivity contribution in [1.29, 1.82) is 0 Å². The number of rotatable bonds is 16. The molecule has 0 aliphatic heterocycles. The summed E-state index contributed by atoms with van der Waals surface area (Å²) in [7, 11) is 3.55. The Hall–Kier alpha value is -0.500. The maximum Gasteiger partial charge on any atom is 0.376 e. The Morgan fingerprint density at radius 2 is 1.23 bits per heavy atom. The van der Waals surface area contributed by atoms with Crippen LogP contribution in [-0.4, -0.2) is 30.9 Å². The summed E-state index contributed by atoms with van der Waals surface area (Å²) in [6, 6.07) is 0. The molecule has 0 rings (SSSR count). The third-order valence-electron chi connectivity index (χ3n) is 5.40. The topological polar surface area (TPSA) is 40.1 Å². The first-order chi connectivity index (χ1) is 12.3. The molecule has 26 heavy (non-hydrogen) atoms. The van der Waals surface area contributed by atoms with E-state index in [-0.39, 0.29) is 0 Å². The van der Waals surface area contributed by atoms with E-state index in [1.165, 1.54) is 38.5 Å². The van der Waals surface area contributed by atoms with E-state index >= 15 is 0 Å². The average molecular weight is 385 g/mol. The number of allylic oxidation sites excluding steroid dienone is 4. The number of nitrogens with zero attached hydrogens (tertiary/aromatic N) is 1. The molecule has 0 heterocycles. The van der Waals surface area contributed by atoms with Crippen LogP contribution in [0.25, 0.3) is 0 Å². The van der Waals surface area contributed by atoms with Crippen molar-refractivity contribution in [3.05, 3.63) is 24.3 Å². The van der Waals surface area contributed by atoms with Gasteiger partial charge in [0, 0.05) is 12.8 Å². The number of quaternary nitrogens is 1. The Balaban J connectivity index is 3.87. The molecule has 0 N–H and O–H groups in total. The third-order valence-corrected chi connectivity index (χ3v) is 7.22. The zero-order chi connectivity index (χ0) is 19.9. The predicted molar refractivity (Wildman–Crippen MR) is 113 cm³/mol. The van der Waals surface area contributed by atoms with Crippen molar-refractivity contribution in [3.63, 3.8) is 0 Å². The van der Waals surface area contributed by atoms with Gasteiger partial charge in [0.05, 0.1) is 21.1 Å². The molecule has 0 aromatic rings. The molecule has 0 aliphatic carbocycles. The normalized spacial score (nSPS) is 15.7. The van der Waals surface area contributed by atoms with Gasteiger partial charge in [-0.25, -0.2) is 0 Å². The maximum atomic E-state index is 11.9. The second-order valence-electron chi connectivity index (χ2n) is 8.22. The van der Waals surface area contributed by atoms with Gasteiger partial charge in [-0.2, -0.15) is 0 Å². The lowest BCUT2D eigenvalue weighted by Gasteiger charge is -2.39.